The Hall–Kier alpha value is -0.560. The molecule has 8 heteroatoms. The smallest absolute Gasteiger partial charge is 0.402 e. The Kier molecular flexibility index (Phi) is 3.77. The number of alkyl halides is 4. The molecular formula is C7H3BrClF4NO. The minimum Gasteiger partial charge on any atom is -0.402 e. The van der Waals surface area contributed by atoms with Crippen LogP contribution in [-0.2, 0) is 6.67 Å². The fourth-order valence-electron chi connectivity index (χ4n) is 0.800. The van der Waals surface area contributed by atoms with Gasteiger partial charge in [0, 0.05) is 6.20 Å². The lowest BCUT2D eigenvalue weighted by Crippen LogP contribution is -2.18. The lowest BCUT2D eigenvalue weighted by atomic mass is 10.3. The molecule has 0 spiro atoms. The van der Waals surface area contributed by atoms with E-state index in [0.717, 1.165) is 6.20 Å². The van der Waals surface area contributed by atoms with Crippen molar-refractivity contribution in [2.75, 3.05) is 0 Å². The fraction of sp³-hybridized carbons (Fsp3) is 0.286. The molecule has 0 fully saturated rings. The molecule has 0 bridgehead atoms. The molecule has 0 aliphatic rings. The van der Waals surface area contributed by atoms with Crippen LogP contribution in [0.1, 0.15) is 5.69 Å². The zero-order valence-electron chi connectivity index (χ0n) is 6.91. The number of pyridine rings is 1. The molecule has 0 aliphatic carbocycles. The van der Waals surface area contributed by atoms with Crippen LogP contribution in [0.15, 0.2) is 10.7 Å². The van der Waals surface area contributed by atoms with Crippen LogP contribution in [-0.4, -0.2) is 11.3 Å². The van der Waals surface area contributed by atoms with E-state index < -0.39 is 24.5 Å². The van der Waals surface area contributed by atoms with Crippen molar-refractivity contribution >= 4 is 27.5 Å². The maximum absolute atomic E-state index is 12.3. The Balaban J connectivity index is 3.18. The summed E-state index contributed by atoms with van der Waals surface area (Å²) in [6.45, 7) is -1.18. The summed E-state index contributed by atoms with van der Waals surface area (Å²) in [7, 11) is 0. The van der Waals surface area contributed by atoms with Gasteiger partial charge in [0.05, 0.1) is 9.50 Å². The average molecular weight is 308 g/mol. The molecule has 84 valence electrons. The molecule has 0 N–H and O–H groups in total. The van der Waals surface area contributed by atoms with Gasteiger partial charge in [0.1, 0.15) is 12.4 Å². The quantitative estimate of drug-likeness (QED) is 0.774. The minimum absolute atomic E-state index is 0.0912. The molecule has 0 radical (unpaired) electrons. The van der Waals surface area contributed by atoms with Crippen molar-refractivity contribution < 1.29 is 22.3 Å². The van der Waals surface area contributed by atoms with Gasteiger partial charge < -0.3 is 4.74 Å². The highest BCUT2D eigenvalue weighted by Gasteiger charge is 2.34. The third kappa shape index (κ3) is 3.20. The zero-order valence-corrected chi connectivity index (χ0v) is 9.25. The van der Waals surface area contributed by atoms with Crippen LogP contribution in [0.2, 0.25) is 5.02 Å². The zero-order chi connectivity index (χ0) is 11.6. The van der Waals surface area contributed by atoms with Gasteiger partial charge in [-0.1, -0.05) is 11.6 Å². The average Bonchev–Trinajstić information content (AvgIpc) is 2.11. The highest BCUT2D eigenvalue weighted by Crippen LogP contribution is 2.37. The van der Waals surface area contributed by atoms with Crippen molar-refractivity contribution in [1.29, 1.82) is 0 Å². The number of aromatic nitrogens is 1. The van der Waals surface area contributed by atoms with Gasteiger partial charge in [0.15, 0.2) is 5.75 Å². The first kappa shape index (κ1) is 12.5. The van der Waals surface area contributed by atoms with E-state index >= 15 is 0 Å². The second-order valence-corrected chi connectivity index (χ2v) is 3.58. The van der Waals surface area contributed by atoms with Gasteiger partial charge >= 0.3 is 6.36 Å². The maximum atomic E-state index is 12.3. The molecule has 1 heterocycles. The topological polar surface area (TPSA) is 22.1 Å². The van der Waals surface area contributed by atoms with Crippen LogP contribution in [0.5, 0.6) is 5.75 Å². The number of hydrogen-bond donors (Lipinski definition) is 0. The molecular weight excluding hydrogens is 305 g/mol. The molecule has 0 amide bonds. The first-order valence-corrected chi connectivity index (χ1v) is 4.67. The predicted molar refractivity (Wildman–Crippen MR) is 48.4 cm³/mol. The van der Waals surface area contributed by atoms with Crippen molar-refractivity contribution in [3.8, 4) is 5.75 Å². The fourth-order valence-corrected chi connectivity index (χ4v) is 1.35. The van der Waals surface area contributed by atoms with Crippen molar-refractivity contribution in [1.82, 2.24) is 4.98 Å². The van der Waals surface area contributed by atoms with Gasteiger partial charge in [-0.2, -0.15) is 0 Å². The molecule has 2 nitrogen and oxygen atoms in total. The maximum Gasteiger partial charge on any atom is 0.573 e. The van der Waals surface area contributed by atoms with Crippen LogP contribution < -0.4 is 4.74 Å². The van der Waals surface area contributed by atoms with E-state index in [4.69, 9.17) is 11.6 Å². The predicted octanol–water partition coefficient (Wildman–Crippen LogP) is 3.87. The SMILES string of the molecule is FCc1ncc(Cl)c(Br)c1OC(F)(F)F. The van der Waals surface area contributed by atoms with Gasteiger partial charge in [0.25, 0.3) is 0 Å². The standard InChI is InChI=1S/C7H3BrClF4NO/c8-5-3(9)2-14-4(1-10)6(5)15-7(11,12)13/h2H,1H2. The Bertz CT molecular complexity index is 371. The molecule has 0 saturated carbocycles. The molecule has 0 atom stereocenters. The van der Waals surface area contributed by atoms with E-state index in [9.17, 15) is 17.6 Å². The highest BCUT2D eigenvalue weighted by atomic mass is 79.9. The van der Waals surface area contributed by atoms with Crippen LogP contribution in [0, 0.1) is 0 Å². The van der Waals surface area contributed by atoms with Crippen molar-refractivity contribution in [2.45, 2.75) is 13.0 Å². The summed E-state index contributed by atoms with van der Waals surface area (Å²) in [5.74, 6) is -0.752. The van der Waals surface area contributed by atoms with E-state index in [-0.39, 0.29) is 9.50 Å². The third-order valence-corrected chi connectivity index (χ3v) is 2.65. The molecule has 1 aromatic rings. The Morgan fingerprint density at radius 2 is 2.07 bits per heavy atom. The van der Waals surface area contributed by atoms with E-state index in [1.807, 2.05) is 0 Å². The lowest BCUT2D eigenvalue weighted by molar-refractivity contribution is -0.275. The number of rotatable bonds is 2. The Labute approximate surface area is 95.3 Å². The number of nitrogens with zero attached hydrogens (tertiary/aromatic N) is 1. The Morgan fingerprint density at radius 3 is 2.53 bits per heavy atom. The lowest BCUT2D eigenvalue weighted by Gasteiger charge is -2.13. The molecule has 0 aliphatic heterocycles. The summed E-state index contributed by atoms with van der Waals surface area (Å²) < 4.78 is 51.5. The largest absolute Gasteiger partial charge is 0.573 e. The van der Waals surface area contributed by atoms with E-state index in [2.05, 4.69) is 25.7 Å². The molecule has 15 heavy (non-hydrogen) atoms. The number of ether oxygens (including phenoxy) is 1. The highest BCUT2D eigenvalue weighted by molar-refractivity contribution is 9.10. The van der Waals surface area contributed by atoms with Crippen LogP contribution >= 0.6 is 27.5 Å². The van der Waals surface area contributed by atoms with Crippen LogP contribution in [0.4, 0.5) is 17.6 Å². The summed E-state index contributed by atoms with van der Waals surface area (Å²) >= 11 is 8.25. The summed E-state index contributed by atoms with van der Waals surface area (Å²) in [4.78, 5) is 3.38. The molecule has 0 saturated heterocycles. The van der Waals surface area contributed by atoms with Gasteiger partial charge in [-0.3, -0.25) is 4.98 Å². The van der Waals surface area contributed by atoms with Gasteiger partial charge in [0.2, 0.25) is 0 Å². The number of hydrogen-bond acceptors (Lipinski definition) is 2. The third-order valence-electron chi connectivity index (χ3n) is 1.35. The van der Waals surface area contributed by atoms with E-state index in [0.29, 0.717) is 0 Å². The summed E-state index contributed by atoms with van der Waals surface area (Å²) in [5.41, 5.74) is -0.469. The Morgan fingerprint density at radius 1 is 1.47 bits per heavy atom. The second-order valence-electron chi connectivity index (χ2n) is 2.38. The normalized spacial score (nSPS) is 11.6. The summed E-state index contributed by atoms with van der Waals surface area (Å²) in [5, 5.41) is -0.0912. The second kappa shape index (κ2) is 4.52. The number of halogens is 6. The first-order chi connectivity index (χ1) is 6.85. The molecule has 1 rings (SSSR count). The van der Waals surface area contributed by atoms with Crippen LogP contribution in [0.25, 0.3) is 0 Å². The molecule has 0 unspecified atom stereocenters. The van der Waals surface area contributed by atoms with Gasteiger partial charge in [-0.15, -0.1) is 13.2 Å². The first-order valence-electron chi connectivity index (χ1n) is 3.49. The monoisotopic (exact) mass is 307 g/mol. The molecule has 1 aromatic heterocycles. The summed E-state index contributed by atoms with van der Waals surface area (Å²) in [6.07, 6.45) is -3.89. The van der Waals surface area contributed by atoms with E-state index in [1.54, 1.807) is 0 Å². The van der Waals surface area contributed by atoms with Crippen molar-refractivity contribution in [3.63, 3.8) is 0 Å². The van der Waals surface area contributed by atoms with Gasteiger partial charge in [-0.25, -0.2) is 4.39 Å². The minimum atomic E-state index is -4.92. The molecule has 0 aromatic carbocycles. The van der Waals surface area contributed by atoms with E-state index in [1.165, 1.54) is 0 Å². The van der Waals surface area contributed by atoms with Crippen molar-refractivity contribution in [3.05, 3.63) is 21.4 Å². The van der Waals surface area contributed by atoms with Gasteiger partial charge in [-0.05, 0) is 15.9 Å². The van der Waals surface area contributed by atoms with Crippen LogP contribution in [0.3, 0.4) is 0 Å². The summed E-state index contributed by atoms with van der Waals surface area (Å²) in [6, 6.07) is 0. The van der Waals surface area contributed by atoms with Crippen molar-refractivity contribution in [2.24, 2.45) is 0 Å².